The molecule has 0 spiro atoms. The highest BCUT2D eigenvalue weighted by molar-refractivity contribution is 5.92. The zero-order valence-electron chi connectivity index (χ0n) is 7.68. The molecule has 0 atom stereocenters. The third-order valence-electron chi connectivity index (χ3n) is 2.34. The van der Waals surface area contributed by atoms with Gasteiger partial charge in [-0.1, -0.05) is 6.07 Å². The number of hydrogen-bond donors (Lipinski definition) is 1. The summed E-state index contributed by atoms with van der Waals surface area (Å²) >= 11 is 0. The van der Waals surface area contributed by atoms with Gasteiger partial charge in [0.2, 0.25) is 5.95 Å². The van der Waals surface area contributed by atoms with Crippen molar-refractivity contribution >= 4 is 22.5 Å². The molecule has 0 saturated carbocycles. The van der Waals surface area contributed by atoms with Crippen LogP contribution in [-0.2, 0) is 0 Å². The molecular formula is C10H7FN4. The monoisotopic (exact) mass is 202 g/mol. The van der Waals surface area contributed by atoms with E-state index in [-0.39, 0.29) is 17.3 Å². The quantitative estimate of drug-likeness (QED) is 0.602. The topological polar surface area (TPSA) is 56.2 Å². The van der Waals surface area contributed by atoms with E-state index in [1.54, 1.807) is 28.9 Å². The Morgan fingerprint density at radius 2 is 2.20 bits per heavy atom. The van der Waals surface area contributed by atoms with E-state index < -0.39 is 0 Å². The van der Waals surface area contributed by atoms with Crippen LogP contribution in [0.15, 0.2) is 30.6 Å². The van der Waals surface area contributed by atoms with E-state index >= 15 is 0 Å². The van der Waals surface area contributed by atoms with Crippen molar-refractivity contribution in [3.63, 3.8) is 0 Å². The van der Waals surface area contributed by atoms with Crippen LogP contribution < -0.4 is 5.73 Å². The molecule has 0 saturated heterocycles. The highest BCUT2D eigenvalue weighted by atomic mass is 19.1. The van der Waals surface area contributed by atoms with Crippen LogP contribution in [0.4, 0.5) is 10.3 Å². The van der Waals surface area contributed by atoms with E-state index in [4.69, 9.17) is 5.73 Å². The first-order chi connectivity index (χ1) is 7.27. The van der Waals surface area contributed by atoms with Gasteiger partial charge in [-0.05, 0) is 12.1 Å². The van der Waals surface area contributed by atoms with Crippen molar-refractivity contribution in [1.82, 2.24) is 14.4 Å². The average molecular weight is 202 g/mol. The number of nitrogen functional groups attached to an aromatic ring is 1. The lowest BCUT2D eigenvalue weighted by atomic mass is 10.2. The zero-order valence-corrected chi connectivity index (χ0v) is 7.68. The summed E-state index contributed by atoms with van der Waals surface area (Å²) < 4.78 is 15.1. The second kappa shape index (κ2) is 2.66. The summed E-state index contributed by atoms with van der Waals surface area (Å²) in [6, 6.07) is 4.76. The Morgan fingerprint density at radius 1 is 1.33 bits per heavy atom. The van der Waals surface area contributed by atoms with Crippen LogP contribution in [0.3, 0.4) is 0 Å². The van der Waals surface area contributed by atoms with Crippen molar-refractivity contribution in [1.29, 1.82) is 0 Å². The molecule has 1 aromatic carbocycles. The van der Waals surface area contributed by atoms with Crippen LogP contribution >= 0.6 is 0 Å². The van der Waals surface area contributed by atoms with E-state index in [0.29, 0.717) is 11.0 Å². The van der Waals surface area contributed by atoms with Gasteiger partial charge >= 0.3 is 0 Å². The van der Waals surface area contributed by atoms with Crippen molar-refractivity contribution < 1.29 is 4.39 Å². The molecule has 0 amide bonds. The molecule has 15 heavy (non-hydrogen) atoms. The number of benzene rings is 1. The van der Waals surface area contributed by atoms with Crippen LogP contribution in [0.1, 0.15) is 0 Å². The maximum Gasteiger partial charge on any atom is 0.206 e. The molecule has 4 nitrogen and oxygen atoms in total. The number of fused-ring (bicyclic) bond motifs is 3. The van der Waals surface area contributed by atoms with Crippen LogP contribution in [0, 0.1) is 5.82 Å². The van der Waals surface area contributed by atoms with Crippen molar-refractivity contribution in [3.05, 3.63) is 36.4 Å². The van der Waals surface area contributed by atoms with E-state index in [9.17, 15) is 4.39 Å². The van der Waals surface area contributed by atoms with Gasteiger partial charge in [0.25, 0.3) is 0 Å². The Hall–Kier alpha value is -2.17. The molecule has 3 rings (SSSR count). The average Bonchev–Trinajstić information content (AvgIpc) is 2.69. The first-order valence-electron chi connectivity index (χ1n) is 4.44. The van der Waals surface area contributed by atoms with E-state index in [1.165, 1.54) is 6.07 Å². The SMILES string of the molecule is Nc1nc2c(F)cccc2c2nccn12. The summed E-state index contributed by atoms with van der Waals surface area (Å²) in [7, 11) is 0. The van der Waals surface area contributed by atoms with Gasteiger partial charge in [0.15, 0.2) is 0 Å². The maximum atomic E-state index is 13.4. The molecule has 2 N–H and O–H groups in total. The Labute approximate surface area is 84.2 Å². The molecule has 2 aromatic heterocycles. The van der Waals surface area contributed by atoms with Crippen molar-refractivity contribution in [3.8, 4) is 0 Å². The largest absolute Gasteiger partial charge is 0.369 e. The third-order valence-corrected chi connectivity index (χ3v) is 2.34. The predicted molar refractivity (Wildman–Crippen MR) is 54.9 cm³/mol. The Balaban J connectivity index is 2.66. The zero-order chi connectivity index (χ0) is 10.4. The highest BCUT2D eigenvalue weighted by Gasteiger charge is 2.09. The van der Waals surface area contributed by atoms with Crippen LogP contribution in [-0.4, -0.2) is 14.4 Å². The molecule has 0 aliphatic carbocycles. The Morgan fingerprint density at radius 3 is 3.07 bits per heavy atom. The number of aromatic nitrogens is 3. The number of imidazole rings is 1. The summed E-state index contributed by atoms with van der Waals surface area (Å²) in [6.07, 6.45) is 3.31. The van der Waals surface area contributed by atoms with Gasteiger partial charge in [-0.2, -0.15) is 0 Å². The fourth-order valence-electron chi connectivity index (χ4n) is 1.67. The summed E-state index contributed by atoms with van der Waals surface area (Å²) in [5, 5.41) is 0.661. The summed E-state index contributed by atoms with van der Waals surface area (Å²) in [4.78, 5) is 8.13. The molecule has 0 radical (unpaired) electrons. The molecule has 0 aliphatic rings. The van der Waals surface area contributed by atoms with Crippen molar-refractivity contribution in [2.24, 2.45) is 0 Å². The van der Waals surface area contributed by atoms with E-state index in [2.05, 4.69) is 9.97 Å². The van der Waals surface area contributed by atoms with Gasteiger partial charge in [0.05, 0.1) is 0 Å². The van der Waals surface area contributed by atoms with Gasteiger partial charge in [-0.3, -0.25) is 4.40 Å². The number of anilines is 1. The summed E-state index contributed by atoms with van der Waals surface area (Å²) in [6.45, 7) is 0. The second-order valence-electron chi connectivity index (χ2n) is 3.23. The molecule has 0 fully saturated rings. The van der Waals surface area contributed by atoms with Gasteiger partial charge < -0.3 is 5.73 Å². The van der Waals surface area contributed by atoms with Crippen LogP contribution in [0.2, 0.25) is 0 Å². The van der Waals surface area contributed by atoms with Gasteiger partial charge in [0, 0.05) is 17.8 Å². The fraction of sp³-hybridized carbons (Fsp3) is 0. The molecular weight excluding hydrogens is 195 g/mol. The minimum Gasteiger partial charge on any atom is -0.369 e. The Kier molecular flexibility index (Phi) is 1.45. The lowest BCUT2D eigenvalue weighted by Gasteiger charge is -2.03. The van der Waals surface area contributed by atoms with Gasteiger partial charge in [-0.25, -0.2) is 14.4 Å². The third kappa shape index (κ3) is 0.999. The first-order valence-corrected chi connectivity index (χ1v) is 4.44. The fourth-order valence-corrected chi connectivity index (χ4v) is 1.67. The van der Waals surface area contributed by atoms with Crippen molar-refractivity contribution in [2.75, 3.05) is 5.73 Å². The minimum absolute atomic E-state index is 0.236. The minimum atomic E-state index is -0.385. The van der Waals surface area contributed by atoms with E-state index in [1.807, 2.05) is 0 Å². The molecule has 0 bridgehead atoms. The number of nitrogens with zero attached hydrogens (tertiary/aromatic N) is 3. The molecule has 74 valence electrons. The van der Waals surface area contributed by atoms with Crippen LogP contribution in [0.25, 0.3) is 16.6 Å². The molecule has 5 heteroatoms. The number of rotatable bonds is 0. The lowest BCUT2D eigenvalue weighted by molar-refractivity contribution is 0.636. The first kappa shape index (κ1) is 8.16. The van der Waals surface area contributed by atoms with Crippen LogP contribution in [0.5, 0.6) is 0 Å². The smallest absolute Gasteiger partial charge is 0.206 e. The number of hydrogen-bond acceptors (Lipinski definition) is 3. The predicted octanol–water partition coefficient (Wildman–Crippen LogP) is 1.60. The summed E-state index contributed by atoms with van der Waals surface area (Å²) in [5.41, 5.74) is 6.56. The van der Waals surface area contributed by atoms with Crippen molar-refractivity contribution in [2.45, 2.75) is 0 Å². The van der Waals surface area contributed by atoms with Gasteiger partial charge in [-0.15, -0.1) is 0 Å². The normalized spacial score (nSPS) is 11.3. The standard InChI is InChI=1S/C10H7FN4/c11-7-3-1-2-6-8(7)14-10(12)15-5-4-13-9(6)15/h1-5H,(H2,12,14). The number of halogens is 1. The molecule has 0 aliphatic heterocycles. The summed E-state index contributed by atoms with van der Waals surface area (Å²) in [5.74, 6) is -0.148. The maximum absolute atomic E-state index is 13.4. The number of nitrogens with two attached hydrogens (primary N) is 1. The molecule has 0 unspecified atom stereocenters. The van der Waals surface area contributed by atoms with E-state index in [0.717, 1.165) is 0 Å². The number of para-hydroxylation sites is 1. The molecule has 3 aromatic rings. The highest BCUT2D eigenvalue weighted by Crippen LogP contribution is 2.21. The second-order valence-corrected chi connectivity index (χ2v) is 3.23. The lowest BCUT2D eigenvalue weighted by Crippen LogP contribution is -2.01. The van der Waals surface area contributed by atoms with Gasteiger partial charge in [0.1, 0.15) is 17.0 Å². The molecule has 2 heterocycles. The Bertz CT molecular complexity index is 659.